The Morgan fingerprint density at radius 1 is 0.760 bits per heavy atom. The van der Waals surface area contributed by atoms with Crippen LogP contribution in [0.25, 0.3) is 38.4 Å². The van der Waals surface area contributed by atoms with Crippen LogP contribution in [-0.2, 0) is 0 Å². The minimum Gasteiger partial charge on any atom is -0.284 e. The molecule has 0 aliphatic rings. The molecule has 3 heteroatoms. The van der Waals surface area contributed by atoms with Crippen molar-refractivity contribution in [3.8, 4) is 11.3 Å². The van der Waals surface area contributed by atoms with Crippen LogP contribution in [0.3, 0.4) is 0 Å². The van der Waals surface area contributed by atoms with E-state index in [2.05, 4.69) is 6.07 Å². The maximum Gasteiger partial charge on any atom is 0.265 e. The highest BCUT2D eigenvalue weighted by molar-refractivity contribution is 6.11. The first kappa shape index (κ1) is 13.9. The molecule has 0 fully saturated rings. The van der Waals surface area contributed by atoms with Crippen LogP contribution in [0.4, 0.5) is 0 Å². The van der Waals surface area contributed by atoms with Gasteiger partial charge in [0.15, 0.2) is 0 Å². The Bertz CT molecular complexity index is 1300. The summed E-state index contributed by atoms with van der Waals surface area (Å²) in [6, 6.07) is 25.7. The largest absolute Gasteiger partial charge is 0.284 e. The van der Waals surface area contributed by atoms with Crippen molar-refractivity contribution >= 4 is 27.2 Å². The third-order valence-corrected chi connectivity index (χ3v) is 4.60. The van der Waals surface area contributed by atoms with E-state index in [4.69, 9.17) is 4.98 Å². The lowest BCUT2D eigenvalue weighted by Gasteiger charge is -2.11. The monoisotopic (exact) mass is 322 g/mol. The predicted octanol–water partition coefficient (Wildman–Crippen LogP) is 4.67. The molecular formula is C22H14N2O. The minimum atomic E-state index is -0.0368. The zero-order chi connectivity index (χ0) is 16.8. The molecule has 0 saturated heterocycles. The average molecular weight is 322 g/mol. The summed E-state index contributed by atoms with van der Waals surface area (Å²) in [6.45, 7) is 0. The molecular weight excluding hydrogens is 308 g/mol. The van der Waals surface area contributed by atoms with Gasteiger partial charge < -0.3 is 0 Å². The van der Waals surface area contributed by atoms with Gasteiger partial charge in [0.2, 0.25) is 0 Å². The Hall–Kier alpha value is -3.46. The molecule has 0 bridgehead atoms. The number of para-hydroxylation sites is 1. The zero-order valence-electron chi connectivity index (χ0n) is 13.4. The van der Waals surface area contributed by atoms with Crippen LogP contribution in [0.5, 0.6) is 0 Å². The van der Waals surface area contributed by atoms with Gasteiger partial charge in [-0.25, -0.2) is 4.98 Å². The molecule has 3 aromatic heterocycles. The first-order valence-electron chi connectivity index (χ1n) is 8.21. The molecule has 3 nitrogen and oxygen atoms in total. The molecule has 0 saturated carbocycles. The molecule has 0 spiro atoms. The number of pyridine rings is 3. The molecule has 5 rings (SSSR count). The van der Waals surface area contributed by atoms with Gasteiger partial charge in [-0.1, -0.05) is 54.6 Å². The molecule has 0 unspecified atom stereocenters. The first-order chi connectivity index (χ1) is 12.3. The number of hydrogen-bond acceptors (Lipinski definition) is 2. The van der Waals surface area contributed by atoms with E-state index in [0.29, 0.717) is 5.39 Å². The molecule has 0 radical (unpaired) electrons. The molecule has 5 aromatic rings. The predicted molar refractivity (Wildman–Crippen MR) is 102 cm³/mol. The normalized spacial score (nSPS) is 11.4. The topological polar surface area (TPSA) is 34.4 Å². The number of hydrogen-bond donors (Lipinski definition) is 0. The lowest BCUT2D eigenvalue weighted by molar-refractivity contribution is 1.12. The number of benzene rings is 2. The Labute approximate surface area is 143 Å². The fraction of sp³-hybridized carbons (Fsp3) is 0. The summed E-state index contributed by atoms with van der Waals surface area (Å²) in [6.07, 6.45) is 1.81. The van der Waals surface area contributed by atoms with Crippen molar-refractivity contribution in [1.82, 2.24) is 9.38 Å². The van der Waals surface area contributed by atoms with E-state index >= 15 is 0 Å². The highest BCUT2D eigenvalue weighted by Crippen LogP contribution is 2.30. The van der Waals surface area contributed by atoms with Crippen molar-refractivity contribution in [3.05, 3.63) is 95.4 Å². The van der Waals surface area contributed by atoms with Gasteiger partial charge in [-0.15, -0.1) is 0 Å². The summed E-state index contributed by atoms with van der Waals surface area (Å²) in [4.78, 5) is 18.1. The molecule has 0 aliphatic carbocycles. The van der Waals surface area contributed by atoms with Crippen molar-refractivity contribution < 1.29 is 0 Å². The Kier molecular flexibility index (Phi) is 2.94. The molecule has 118 valence electrons. The fourth-order valence-electron chi connectivity index (χ4n) is 3.44. The highest BCUT2D eigenvalue weighted by Gasteiger charge is 2.14. The summed E-state index contributed by atoms with van der Waals surface area (Å²) in [5.74, 6) is 0. The average Bonchev–Trinajstić information content (AvgIpc) is 2.68. The molecule has 25 heavy (non-hydrogen) atoms. The van der Waals surface area contributed by atoms with E-state index in [1.165, 1.54) is 0 Å². The van der Waals surface area contributed by atoms with Gasteiger partial charge in [-0.2, -0.15) is 0 Å². The number of aromatic nitrogens is 2. The van der Waals surface area contributed by atoms with Crippen LogP contribution in [0.15, 0.2) is 89.9 Å². The molecule has 0 aliphatic heterocycles. The second-order valence-electron chi connectivity index (χ2n) is 6.08. The Morgan fingerprint density at radius 3 is 2.40 bits per heavy atom. The van der Waals surface area contributed by atoms with Gasteiger partial charge in [0.05, 0.1) is 16.6 Å². The molecule has 0 amide bonds. The third-order valence-electron chi connectivity index (χ3n) is 4.60. The SMILES string of the molecule is O=c1c2c(-c3ccccc3)nc3ccccc3c2cc2ccccn12. The van der Waals surface area contributed by atoms with E-state index in [1.54, 1.807) is 10.6 Å². The van der Waals surface area contributed by atoms with Gasteiger partial charge in [-0.05, 0) is 24.3 Å². The summed E-state index contributed by atoms with van der Waals surface area (Å²) in [7, 11) is 0. The summed E-state index contributed by atoms with van der Waals surface area (Å²) in [5.41, 5.74) is 3.43. The van der Waals surface area contributed by atoms with E-state index in [-0.39, 0.29) is 5.56 Å². The van der Waals surface area contributed by atoms with Crippen molar-refractivity contribution in [2.75, 3.05) is 0 Å². The van der Waals surface area contributed by atoms with Gasteiger partial charge in [0.1, 0.15) is 0 Å². The van der Waals surface area contributed by atoms with Gasteiger partial charge >= 0.3 is 0 Å². The zero-order valence-corrected chi connectivity index (χ0v) is 13.4. The minimum absolute atomic E-state index is 0.0368. The van der Waals surface area contributed by atoms with Crippen LogP contribution in [0.1, 0.15) is 0 Å². The summed E-state index contributed by atoms with van der Waals surface area (Å²) in [5, 5.41) is 2.61. The standard InChI is InChI=1S/C22H14N2O/c25-22-20-18(14-16-10-6-7-13-24(16)22)17-11-4-5-12-19(17)23-21(20)15-8-2-1-3-9-15/h1-14H. The van der Waals surface area contributed by atoms with Crippen molar-refractivity contribution in [2.24, 2.45) is 0 Å². The number of nitrogens with zero attached hydrogens (tertiary/aromatic N) is 2. The van der Waals surface area contributed by atoms with Crippen LogP contribution >= 0.6 is 0 Å². The lowest BCUT2D eigenvalue weighted by atomic mass is 10.0. The lowest BCUT2D eigenvalue weighted by Crippen LogP contribution is -2.14. The van der Waals surface area contributed by atoms with Crippen LogP contribution in [0.2, 0.25) is 0 Å². The van der Waals surface area contributed by atoms with Crippen LogP contribution < -0.4 is 5.56 Å². The maximum absolute atomic E-state index is 13.2. The molecule has 0 N–H and O–H groups in total. The number of fused-ring (bicyclic) bond motifs is 4. The number of rotatable bonds is 1. The second kappa shape index (κ2) is 5.28. The van der Waals surface area contributed by atoms with Crippen molar-refractivity contribution in [3.63, 3.8) is 0 Å². The van der Waals surface area contributed by atoms with Crippen molar-refractivity contribution in [2.45, 2.75) is 0 Å². The highest BCUT2D eigenvalue weighted by atomic mass is 16.1. The second-order valence-corrected chi connectivity index (χ2v) is 6.08. The molecule has 0 atom stereocenters. The summed E-state index contributed by atoms with van der Waals surface area (Å²) < 4.78 is 1.69. The van der Waals surface area contributed by atoms with Crippen molar-refractivity contribution in [1.29, 1.82) is 0 Å². The quantitative estimate of drug-likeness (QED) is 0.332. The smallest absolute Gasteiger partial charge is 0.265 e. The fourth-order valence-corrected chi connectivity index (χ4v) is 3.44. The maximum atomic E-state index is 13.2. The molecule has 2 aromatic carbocycles. The van der Waals surface area contributed by atoms with E-state index in [0.717, 1.165) is 33.1 Å². The van der Waals surface area contributed by atoms with Crippen LogP contribution in [0, 0.1) is 0 Å². The summed E-state index contributed by atoms with van der Waals surface area (Å²) >= 11 is 0. The van der Waals surface area contributed by atoms with Gasteiger partial charge in [0.25, 0.3) is 5.56 Å². The van der Waals surface area contributed by atoms with E-state index in [9.17, 15) is 4.79 Å². The van der Waals surface area contributed by atoms with E-state index in [1.807, 2.05) is 72.8 Å². The Balaban J connectivity index is 2.09. The Morgan fingerprint density at radius 2 is 1.52 bits per heavy atom. The third kappa shape index (κ3) is 2.06. The van der Waals surface area contributed by atoms with Gasteiger partial charge in [-0.3, -0.25) is 9.20 Å². The first-order valence-corrected chi connectivity index (χ1v) is 8.21. The van der Waals surface area contributed by atoms with Crippen LogP contribution in [-0.4, -0.2) is 9.38 Å². The molecule has 3 heterocycles. The van der Waals surface area contributed by atoms with Gasteiger partial charge in [0, 0.05) is 28.0 Å². The van der Waals surface area contributed by atoms with E-state index < -0.39 is 0 Å².